The number of ether oxygens (including phenoxy) is 5. The van der Waals surface area contributed by atoms with Crippen LogP contribution in [-0.4, -0.2) is 62.8 Å². The lowest BCUT2D eigenvalue weighted by Gasteiger charge is -2.18. The summed E-state index contributed by atoms with van der Waals surface area (Å²) in [5.74, 6) is -0.872. The summed E-state index contributed by atoms with van der Waals surface area (Å²) in [4.78, 5) is 22.7. The van der Waals surface area contributed by atoms with Crippen LogP contribution in [0, 0.1) is 0 Å². The number of esters is 2. The summed E-state index contributed by atoms with van der Waals surface area (Å²) in [6.45, 7) is 11.7. The van der Waals surface area contributed by atoms with E-state index in [1.807, 2.05) is 41.5 Å². The first-order valence-electron chi connectivity index (χ1n) is 7.66. The first-order valence-corrected chi connectivity index (χ1v) is 7.66. The second-order valence-electron chi connectivity index (χ2n) is 6.86. The maximum atomic E-state index is 11.3. The van der Waals surface area contributed by atoms with E-state index in [2.05, 4.69) is 0 Å². The highest BCUT2D eigenvalue weighted by atomic mass is 16.6. The van der Waals surface area contributed by atoms with E-state index in [9.17, 15) is 9.59 Å². The molecule has 0 fully saturated rings. The zero-order valence-electron chi connectivity index (χ0n) is 15.1. The van der Waals surface area contributed by atoms with Gasteiger partial charge in [-0.15, -0.1) is 0 Å². The number of rotatable bonds is 10. The monoisotopic (exact) mass is 334 g/mol. The maximum Gasteiger partial charge on any atom is 0.332 e. The van der Waals surface area contributed by atoms with Crippen molar-refractivity contribution in [2.24, 2.45) is 0 Å². The molecule has 0 N–H and O–H groups in total. The first-order chi connectivity index (χ1) is 10.5. The van der Waals surface area contributed by atoms with Gasteiger partial charge in [-0.25, -0.2) is 9.59 Å². The summed E-state index contributed by atoms with van der Waals surface area (Å²) in [5, 5.41) is 0. The fraction of sp³-hybridized carbons (Fsp3) is 0.875. The Morgan fingerprint density at radius 3 is 1.30 bits per heavy atom. The Morgan fingerprint density at radius 1 is 0.652 bits per heavy atom. The fourth-order valence-electron chi connectivity index (χ4n) is 1.17. The number of carbonyl (C=O) groups is 2. The van der Waals surface area contributed by atoms with E-state index in [4.69, 9.17) is 23.7 Å². The van der Waals surface area contributed by atoms with Gasteiger partial charge in [-0.2, -0.15) is 0 Å². The molecule has 0 saturated heterocycles. The lowest BCUT2D eigenvalue weighted by molar-refractivity contribution is -0.157. The highest BCUT2D eigenvalue weighted by Crippen LogP contribution is 2.06. The molecule has 23 heavy (non-hydrogen) atoms. The number of hydrogen-bond acceptors (Lipinski definition) is 7. The van der Waals surface area contributed by atoms with Crippen molar-refractivity contribution in [1.82, 2.24) is 0 Å². The normalized spacial score (nSPS) is 12.1. The Bertz CT molecular complexity index is 318. The van der Waals surface area contributed by atoms with Crippen LogP contribution in [0.5, 0.6) is 0 Å². The van der Waals surface area contributed by atoms with Gasteiger partial charge in [-0.3, -0.25) is 0 Å². The lowest BCUT2D eigenvalue weighted by atomic mass is 10.2. The van der Waals surface area contributed by atoms with Crippen molar-refractivity contribution in [2.45, 2.75) is 52.7 Å². The van der Waals surface area contributed by atoms with Crippen molar-refractivity contribution in [3.8, 4) is 0 Å². The Morgan fingerprint density at radius 2 is 1.00 bits per heavy atom. The van der Waals surface area contributed by atoms with Crippen LogP contribution < -0.4 is 0 Å². The predicted octanol–water partition coefficient (Wildman–Crippen LogP) is 1.72. The van der Waals surface area contributed by atoms with Gasteiger partial charge in [0.05, 0.1) is 24.4 Å². The van der Waals surface area contributed by atoms with E-state index in [1.165, 1.54) is 0 Å². The van der Waals surface area contributed by atoms with Crippen LogP contribution >= 0.6 is 0 Å². The molecule has 0 saturated carbocycles. The molecular formula is C16H30O7. The molecule has 0 aliphatic carbocycles. The number of hydrogen-bond donors (Lipinski definition) is 0. The Kier molecular flexibility index (Phi) is 10.0. The van der Waals surface area contributed by atoms with Crippen molar-refractivity contribution in [1.29, 1.82) is 0 Å². The van der Waals surface area contributed by atoms with Crippen molar-refractivity contribution in [3.63, 3.8) is 0 Å². The van der Waals surface area contributed by atoms with E-state index >= 15 is 0 Å². The quantitative estimate of drug-likeness (QED) is 0.444. The smallest absolute Gasteiger partial charge is 0.332 e. The van der Waals surface area contributed by atoms with Crippen molar-refractivity contribution in [2.75, 3.05) is 39.6 Å². The SMILES string of the molecule is CC(C)(C)OCC(=O)OCCOCCOC(=O)COC(C)(C)C. The average Bonchev–Trinajstić information content (AvgIpc) is 2.40. The largest absolute Gasteiger partial charge is 0.462 e. The average molecular weight is 334 g/mol. The highest BCUT2D eigenvalue weighted by Gasteiger charge is 2.14. The van der Waals surface area contributed by atoms with Gasteiger partial charge in [0.2, 0.25) is 0 Å². The number of carbonyl (C=O) groups excluding carboxylic acids is 2. The fourth-order valence-corrected chi connectivity index (χ4v) is 1.17. The van der Waals surface area contributed by atoms with Crippen molar-refractivity contribution in [3.05, 3.63) is 0 Å². The van der Waals surface area contributed by atoms with Gasteiger partial charge < -0.3 is 23.7 Å². The minimum atomic E-state index is -0.436. The summed E-state index contributed by atoms with van der Waals surface area (Å²) < 4.78 is 25.6. The molecule has 0 rings (SSSR count). The molecule has 0 spiro atoms. The molecule has 0 atom stereocenters. The molecule has 0 aromatic heterocycles. The zero-order chi connectivity index (χ0) is 17.9. The molecular weight excluding hydrogens is 304 g/mol. The van der Waals surface area contributed by atoms with E-state index < -0.39 is 11.9 Å². The van der Waals surface area contributed by atoms with Gasteiger partial charge in [0.1, 0.15) is 26.4 Å². The van der Waals surface area contributed by atoms with Gasteiger partial charge in [0, 0.05) is 0 Å². The molecule has 7 nitrogen and oxygen atoms in total. The van der Waals surface area contributed by atoms with Gasteiger partial charge in [-0.1, -0.05) is 0 Å². The van der Waals surface area contributed by atoms with Crippen LogP contribution in [0.15, 0.2) is 0 Å². The highest BCUT2D eigenvalue weighted by molar-refractivity contribution is 5.71. The van der Waals surface area contributed by atoms with Crippen LogP contribution in [0.2, 0.25) is 0 Å². The molecule has 0 unspecified atom stereocenters. The lowest BCUT2D eigenvalue weighted by Crippen LogP contribution is -2.26. The van der Waals surface area contributed by atoms with E-state index in [-0.39, 0.29) is 50.8 Å². The molecule has 0 aliphatic rings. The Labute approximate surface area is 138 Å². The Balaban J connectivity index is 3.46. The third kappa shape index (κ3) is 17.0. The molecule has 0 bridgehead atoms. The van der Waals surface area contributed by atoms with Gasteiger partial charge in [-0.05, 0) is 41.5 Å². The van der Waals surface area contributed by atoms with Gasteiger partial charge in [0.25, 0.3) is 0 Å². The third-order valence-electron chi connectivity index (χ3n) is 2.23. The molecule has 0 radical (unpaired) electrons. The third-order valence-corrected chi connectivity index (χ3v) is 2.23. The van der Waals surface area contributed by atoms with Crippen LogP contribution in [0.3, 0.4) is 0 Å². The molecule has 0 heterocycles. The van der Waals surface area contributed by atoms with Crippen molar-refractivity contribution >= 4 is 11.9 Å². The summed E-state index contributed by atoms with van der Waals surface area (Å²) in [6, 6.07) is 0. The molecule has 0 aromatic carbocycles. The van der Waals surface area contributed by atoms with Crippen LogP contribution in [0.25, 0.3) is 0 Å². The maximum absolute atomic E-state index is 11.3. The minimum absolute atomic E-state index is 0.0884. The molecule has 0 aliphatic heterocycles. The Hall–Kier alpha value is -1.18. The summed E-state index contributed by atoms with van der Waals surface area (Å²) >= 11 is 0. The standard InChI is InChI=1S/C16H30O7/c1-15(2,3)22-11-13(17)20-9-7-19-8-10-21-14(18)12-23-16(4,5)6/h7-12H2,1-6H3. The van der Waals surface area contributed by atoms with Gasteiger partial charge in [0.15, 0.2) is 0 Å². The summed E-state index contributed by atoms with van der Waals surface area (Å²) in [7, 11) is 0. The van der Waals surface area contributed by atoms with Gasteiger partial charge >= 0.3 is 11.9 Å². The second-order valence-corrected chi connectivity index (χ2v) is 6.86. The van der Waals surface area contributed by atoms with Crippen LogP contribution in [-0.2, 0) is 33.3 Å². The zero-order valence-corrected chi connectivity index (χ0v) is 15.1. The molecule has 136 valence electrons. The van der Waals surface area contributed by atoms with Crippen LogP contribution in [0.4, 0.5) is 0 Å². The van der Waals surface area contributed by atoms with E-state index in [0.717, 1.165) is 0 Å². The van der Waals surface area contributed by atoms with Crippen molar-refractivity contribution < 1.29 is 33.3 Å². The second kappa shape index (κ2) is 10.6. The van der Waals surface area contributed by atoms with Crippen LogP contribution in [0.1, 0.15) is 41.5 Å². The minimum Gasteiger partial charge on any atom is -0.462 e. The molecule has 0 amide bonds. The summed E-state index contributed by atoms with van der Waals surface area (Å²) in [5.41, 5.74) is -0.758. The first kappa shape index (κ1) is 21.8. The van der Waals surface area contributed by atoms with E-state index in [0.29, 0.717) is 0 Å². The predicted molar refractivity (Wildman–Crippen MR) is 84.1 cm³/mol. The summed E-state index contributed by atoms with van der Waals surface area (Å²) in [6.07, 6.45) is 0. The topological polar surface area (TPSA) is 80.3 Å². The molecule has 0 aromatic rings. The molecule has 7 heteroatoms. The van der Waals surface area contributed by atoms with E-state index in [1.54, 1.807) is 0 Å².